The second-order valence-electron chi connectivity index (χ2n) is 9.83. The number of amides is 2. The fourth-order valence-corrected chi connectivity index (χ4v) is 4.88. The van der Waals surface area contributed by atoms with Crippen molar-refractivity contribution < 1.29 is 9.59 Å². The third-order valence-electron chi connectivity index (χ3n) is 6.01. The molecule has 0 heterocycles. The number of nitrogens with zero attached hydrogens (tertiary/aromatic N) is 1. The predicted octanol–water partition coefficient (Wildman–Crippen LogP) is 5.95. The van der Waals surface area contributed by atoms with Gasteiger partial charge in [-0.3, -0.25) is 9.59 Å². The van der Waals surface area contributed by atoms with Crippen molar-refractivity contribution in [3.05, 3.63) is 107 Å². The Kier molecular flexibility index (Phi) is 10.6. The Labute approximate surface area is 220 Å². The Balaban J connectivity index is 1.83. The number of nitrogens with one attached hydrogen (secondary N) is 1. The Morgan fingerprint density at radius 1 is 0.833 bits per heavy atom. The van der Waals surface area contributed by atoms with E-state index in [0.29, 0.717) is 31.2 Å². The molecule has 0 aliphatic carbocycles. The molecule has 3 rings (SSSR count). The van der Waals surface area contributed by atoms with Crippen LogP contribution in [-0.4, -0.2) is 35.1 Å². The van der Waals surface area contributed by atoms with Gasteiger partial charge >= 0.3 is 0 Å². The van der Waals surface area contributed by atoms with Crippen molar-refractivity contribution in [3.8, 4) is 0 Å². The minimum atomic E-state index is -0.584. The Bertz CT molecular complexity index is 1110. The second kappa shape index (κ2) is 13.9. The molecule has 0 aliphatic heterocycles. The molecule has 190 valence electrons. The molecule has 4 nitrogen and oxygen atoms in total. The zero-order valence-electron chi connectivity index (χ0n) is 21.9. The third kappa shape index (κ3) is 8.87. The van der Waals surface area contributed by atoms with Crippen molar-refractivity contribution in [1.29, 1.82) is 0 Å². The molecule has 1 unspecified atom stereocenters. The van der Waals surface area contributed by atoms with Crippen LogP contribution in [0.4, 0.5) is 0 Å². The van der Waals surface area contributed by atoms with Gasteiger partial charge in [0.1, 0.15) is 6.04 Å². The maximum Gasteiger partial charge on any atom is 0.243 e. The van der Waals surface area contributed by atoms with E-state index >= 15 is 0 Å². The molecule has 3 aromatic carbocycles. The molecule has 0 saturated carbocycles. The van der Waals surface area contributed by atoms with E-state index in [1.165, 1.54) is 11.1 Å². The van der Waals surface area contributed by atoms with Crippen molar-refractivity contribution in [1.82, 2.24) is 10.2 Å². The van der Waals surface area contributed by atoms with E-state index in [4.69, 9.17) is 0 Å². The summed E-state index contributed by atoms with van der Waals surface area (Å²) < 4.78 is 0. The first-order valence-electron chi connectivity index (χ1n) is 12.6. The summed E-state index contributed by atoms with van der Waals surface area (Å²) in [5.41, 5.74) is 5.62. The summed E-state index contributed by atoms with van der Waals surface area (Å²) in [6, 6.07) is 25.9. The van der Waals surface area contributed by atoms with Gasteiger partial charge in [0.15, 0.2) is 0 Å². The fraction of sp³-hybridized carbons (Fsp3) is 0.355. The highest BCUT2D eigenvalue weighted by atomic mass is 32.2. The molecule has 36 heavy (non-hydrogen) atoms. The predicted molar refractivity (Wildman–Crippen MR) is 151 cm³/mol. The van der Waals surface area contributed by atoms with Gasteiger partial charge in [0.25, 0.3) is 0 Å². The molecular weight excluding hydrogens is 464 g/mol. The van der Waals surface area contributed by atoms with Crippen molar-refractivity contribution >= 4 is 23.6 Å². The Hall–Kier alpha value is -3.05. The largest absolute Gasteiger partial charge is 0.354 e. The number of hydrogen-bond donors (Lipinski definition) is 1. The number of aryl methyl sites for hydroxylation is 2. The summed E-state index contributed by atoms with van der Waals surface area (Å²) in [6.07, 6.45) is 0.477. The second-order valence-corrected chi connectivity index (χ2v) is 10.8. The van der Waals surface area contributed by atoms with Gasteiger partial charge in [-0.2, -0.15) is 0 Å². The Morgan fingerprint density at radius 2 is 1.53 bits per heavy atom. The van der Waals surface area contributed by atoms with Crippen LogP contribution in [0.25, 0.3) is 0 Å². The number of carbonyl (C=O) groups excluding carboxylic acids is 2. The summed E-state index contributed by atoms with van der Waals surface area (Å²) >= 11 is 1.59. The molecule has 0 fully saturated rings. The summed E-state index contributed by atoms with van der Waals surface area (Å²) in [5, 5.41) is 3.08. The standard InChI is InChI=1S/C31H38N2O2S/c1-23(2)19-32-31(35)29(18-26-10-6-5-7-11-26)33(20-28-12-8-9-25(4)17-28)30(34)22-36-21-27-15-13-24(3)14-16-27/h5-17,23,29H,18-22H2,1-4H3,(H,32,35). The van der Waals surface area contributed by atoms with E-state index in [0.717, 1.165) is 22.4 Å². The van der Waals surface area contributed by atoms with E-state index in [2.05, 4.69) is 56.4 Å². The molecular formula is C31H38N2O2S. The smallest absolute Gasteiger partial charge is 0.243 e. The lowest BCUT2D eigenvalue weighted by atomic mass is 10.0. The van der Waals surface area contributed by atoms with Crippen LogP contribution in [-0.2, 0) is 28.3 Å². The summed E-state index contributed by atoms with van der Waals surface area (Å²) in [6.45, 7) is 9.25. The van der Waals surface area contributed by atoms with Crippen molar-refractivity contribution in [2.75, 3.05) is 12.3 Å². The zero-order chi connectivity index (χ0) is 25.9. The molecule has 1 atom stereocenters. The quantitative estimate of drug-likeness (QED) is 0.333. The highest BCUT2D eigenvalue weighted by Crippen LogP contribution is 2.19. The lowest BCUT2D eigenvalue weighted by Crippen LogP contribution is -2.51. The number of thioether (sulfide) groups is 1. The van der Waals surface area contributed by atoms with Gasteiger partial charge in [-0.1, -0.05) is 104 Å². The average molecular weight is 503 g/mol. The minimum Gasteiger partial charge on any atom is -0.354 e. The number of rotatable bonds is 12. The number of carbonyl (C=O) groups is 2. The molecule has 5 heteroatoms. The third-order valence-corrected chi connectivity index (χ3v) is 6.99. The molecule has 0 aromatic heterocycles. The van der Waals surface area contributed by atoms with E-state index < -0.39 is 6.04 Å². The monoisotopic (exact) mass is 502 g/mol. The highest BCUT2D eigenvalue weighted by Gasteiger charge is 2.30. The van der Waals surface area contributed by atoms with Gasteiger partial charge in [0.05, 0.1) is 5.75 Å². The van der Waals surface area contributed by atoms with E-state index in [9.17, 15) is 9.59 Å². The maximum atomic E-state index is 13.7. The van der Waals surface area contributed by atoms with Crippen molar-refractivity contribution in [2.45, 2.75) is 52.5 Å². The van der Waals surface area contributed by atoms with Crippen molar-refractivity contribution in [2.24, 2.45) is 5.92 Å². The summed E-state index contributed by atoms with van der Waals surface area (Å²) in [4.78, 5) is 28.9. The maximum absolute atomic E-state index is 13.7. The lowest BCUT2D eigenvalue weighted by Gasteiger charge is -2.32. The zero-order valence-corrected chi connectivity index (χ0v) is 22.7. The fourth-order valence-electron chi connectivity index (χ4n) is 4.01. The van der Waals surface area contributed by atoms with Crippen LogP contribution in [0.1, 0.15) is 41.7 Å². The highest BCUT2D eigenvalue weighted by molar-refractivity contribution is 7.99. The number of benzene rings is 3. The molecule has 0 saturated heterocycles. The van der Waals surface area contributed by atoms with Gasteiger partial charge in [-0.15, -0.1) is 11.8 Å². The van der Waals surface area contributed by atoms with Gasteiger partial charge in [-0.25, -0.2) is 0 Å². The first kappa shape index (κ1) is 27.5. The van der Waals surface area contributed by atoms with E-state index in [-0.39, 0.29) is 11.8 Å². The number of hydrogen-bond acceptors (Lipinski definition) is 3. The van der Waals surface area contributed by atoms with Crippen LogP contribution in [0.3, 0.4) is 0 Å². The lowest BCUT2D eigenvalue weighted by molar-refractivity contribution is -0.139. The molecule has 2 amide bonds. The van der Waals surface area contributed by atoms with Crippen LogP contribution in [0.15, 0.2) is 78.9 Å². The van der Waals surface area contributed by atoms with E-state index in [1.54, 1.807) is 16.7 Å². The first-order chi connectivity index (χ1) is 17.3. The molecule has 0 bridgehead atoms. The molecule has 0 aliphatic rings. The Morgan fingerprint density at radius 3 is 2.19 bits per heavy atom. The van der Waals surface area contributed by atoms with Crippen LogP contribution >= 0.6 is 11.8 Å². The first-order valence-corrected chi connectivity index (χ1v) is 13.8. The molecule has 1 N–H and O–H groups in total. The van der Waals surface area contributed by atoms with Gasteiger partial charge < -0.3 is 10.2 Å². The molecule has 0 spiro atoms. The van der Waals surface area contributed by atoms with Gasteiger partial charge in [0, 0.05) is 25.3 Å². The average Bonchev–Trinajstić information content (AvgIpc) is 2.86. The SMILES string of the molecule is Cc1ccc(CSCC(=O)N(Cc2cccc(C)c2)C(Cc2ccccc2)C(=O)NCC(C)C)cc1. The molecule has 3 aromatic rings. The van der Waals surface area contributed by atoms with Crippen LogP contribution in [0.5, 0.6) is 0 Å². The van der Waals surface area contributed by atoms with Crippen LogP contribution < -0.4 is 5.32 Å². The summed E-state index contributed by atoms with van der Waals surface area (Å²) in [7, 11) is 0. The van der Waals surface area contributed by atoms with Gasteiger partial charge in [-0.05, 0) is 36.5 Å². The minimum absolute atomic E-state index is 0.0192. The van der Waals surface area contributed by atoms with Crippen LogP contribution in [0, 0.1) is 19.8 Å². The summed E-state index contributed by atoms with van der Waals surface area (Å²) in [5.74, 6) is 1.29. The topological polar surface area (TPSA) is 49.4 Å². The van der Waals surface area contributed by atoms with E-state index in [1.807, 2.05) is 55.5 Å². The van der Waals surface area contributed by atoms with Gasteiger partial charge in [0.2, 0.25) is 11.8 Å². The molecule has 0 radical (unpaired) electrons. The van der Waals surface area contributed by atoms with Crippen LogP contribution in [0.2, 0.25) is 0 Å². The van der Waals surface area contributed by atoms with Crippen molar-refractivity contribution in [3.63, 3.8) is 0 Å². The normalized spacial score (nSPS) is 11.8.